The summed E-state index contributed by atoms with van der Waals surface area (Å²) in [5.41, 5.74) is -0.574. The molecule has 1 saturated carbocycles. The Morgan fingerprint density at radius 1 is 1.35 bits per heavy atom. The van der Waals surface area contributed by atoms with Crippen molar-refractivity contribution in [3.8, 4) is 0 Å². The fourth-order valence-electron chi connectivity index (χ4n) is 3.31. The Bertz CT molecular complexity index is 508. The van der Waals surface area contributed by atoms with Gasteiger partial charge in [-0.05, 0) is 25.2 Å². The van der Waals surface area contributed by atoms with Gasteiger partial charge in [0.15, 0.2) is 9.84 Å². The van der Waals surface area contributed by atoms with Gasteiger partial charge in [-0.15, -0.1) is 0 Å². The summed E-state index contributed by atoms with van der Waals surface area (Å²) in [4.78, 5) is 15.7. The Kier molecular flexibility index (Phi) is 3.34. The molecule has 0 spiro atoms. The van der Waals surface area contributed by atoms with Crippen LogP contribution < -0.4 is 0 Å². The highest BCUT2D eigenvalue weighted by atomic mass is 32.2. The van der Waals surface area contributed by atoms with Crippen LogP contribution in [0.5, 0.6) is 0 Å². The van der Waals surface area contributed by atoms with E-state index in [0.29, 0.717) is 25.4 Å². The second kappa shape index (κ2) is 4.68. The van der Waals surface area contributed by atoms with E-state index in [0.717, 1.165) is 12.8 Å². The minimum Gasteiger partial charge on any atom is -0.387 e. The molecule has 1 atom stereocenters. The molecule has 0 aromatic heterocycles. The molecule has 3 rings (SSSR count). The maximum Gasteiger partial charge on any atom is 0.236 e. The van der Waals surface area contributed by atoms with Crippen LogP contribution in [-0.2, 0) is 14.6 Å². The molecule has 1 N–H and O–H groups in total. The normalized spacial score (nSPS) is 31.8. The third-order valence-corrected chi connectivity index (χ3v) is 6.59. The molecule has 3 fully saturated rings. The van der Waals surface area contributed by atoms with Gasteiger partial charge in [0.1, 0.15) is 0 Å². The molecule has 0 aromatic rings. The number of likely N-dealkylation sites (N-methyl/N-ethyl adjacent to an activating group) is 1. The van der Waals surface area contributed by atoms with E-state index in [4.69, 9.17) is 0 Å². The van der Waals surface area contributed by atoms with Crippen molar-refractivity contribution in [1.29, 1.82) is 0 Å². The number of amides is 1. The molecule has 6 nitrogen and oxygen atoms in total. The van der Waals surface area contributed by atoms with Crippen LogP contribution in [0.25, 0.3) is 0 Å². The summed E-state index contributed by atoms with van der Waals surface area (Å²) in [6.07, 6.45) is 2.73. The highest BCUT2D eigenvalue weighted by Crippen LogP contribution is 2.44. The Labute approximate surface area is 119 Å². The number of hydrogen-bond acceptors (Lipinski definition) is 5. The first-order valence-corrected chi connectivity index (χ1v) is 9.02. The van der Waals surface area contributed by atoms with Crippen molar-refractivity contribution >= 4 is 15.7 Å². The van der Waals surface area contributed by atoms with E-state index in [1.54, 1.807) is 11.9 Å². The van der Waals surface area contributed by atoms with Gasteiger partial charge in [-0.3, -0.25) is 9.69 Å². The summed E-state index contributed by atoms with van der Waals surface area (Å²) in [5, 5.41) is 10.2. The van der Waals surface area contributed by atoms with Crippen LogP contribution in [0, 0.1) is 5.92 Å². The molecule has 1 aliphatic carbocycles. The zero-order valence-corrected chi connectivity index (χ0v) is 12.6. The van der Waals surface area contributed by atoms with Crippen LogP contribution >= 0.6 is 0 Å². The van der Waals surface area contributed by atoms with Crippen LogP contribution in [0.1, 0.15) is 19.3 Å². The molecule has 2 heterocycles. The van der Waals surface area contributed by atoms with E-state index in [-0.39, 0.29) is 30.0 Å². The van der Waals surface area contributed by atoms with Crippen molar-refractivity contribution in [3.05, 3.63) is 0 Å². The van der Waals surface area contributed by atoms with E-state index in [1.807, 2.05) is 4.90 Å². The highest BCUT2D eigenvalue weighted by molar-refractivity contribution is 7.91. The summed E-state index contributed by atoms with van der Waals surface area (Å²) in [6, 6.07) is -0.184. The number of rotatable bonds is 4. The van der Waals surface area contributed by atoms with Crippen LogP contribution in [0.4, 0.5) is 0 Å². The molecule has 114 valence electrons. The zero-order chi connectivity index (χ0) is 14.5. The van der Waals surface area contributed by atoms with Gasteiger partial charge in [0.2, 0.25) is 5.91 Å². The monoisotopic (exact) mass is 302 g/mol. The molecule has 0 radical (unpaired) electrons. The largest absolute Gasteiger partial charge is 0.387 e. The lowest BCUT2D eigenvalue weighted by Crippen LogP contribution is -2.64. The number of nitrogens with zero attached hydrogens (tertiary/aromatic N) is 2. The van der Waals surface area contributed by atoms with Crippen molar-refractivity contribution in [2.75, 3.05) is 38.2 Å². The number of aliphatic hydroxyl groups is 1. The molecule has 7 heteroatoms. The average Bonchev–Trinajstić information content (AvgIpc) is 3.11. The lowest BCUT2D eigenvalue weighted by atomic mass is 9.89. The van der Waals surface area contributed by atoms with Crippen molar-refractivity contribution in [2.45, 2.75) is 30.9 Å². The van der Waals surface area contributed by atoms with Crippen LogP contribution in [-0.4, -0.2) is 79.1 Å². The van der Waals surface area contributed by atoms with E-state index in [1.165, 1.54) is 0 Å². The van der Waals surface area contributed by atoms with Gasteiger partial charge >= 0.3 is 0 Å². The van der Waals surface area contributed by atoms with E-state index in [2.05, 4.69) is 0 Å². The summed E-state index contributed by atoms with van der Waals surface area (Å²) < 4.78 is 22.9. The second-order valence-electron chi connectivity index (χ2n) is 6.58. The molecular weight excluding hydrogens is 280 g/mol. The van der Waals surface area contributed by atoms with Crippen molar-refractivity contribution < 1.29 is 18.3 Å². The topological polar surface area (TPSA) is 77.9 Å². The standard InChI is InChI=1S/C13H22N2O4S/c1-14(11-4-5-20(18,19)7-11)12(16)6-15-8-13(17,9-15)10-2-3-10/h10-11,17H,2-9H2,1H3. The van der Waals surface area contributed by atoms with E-state index < -0.39 is 15.4 Å². The number of sulfone groups is 1. The Morgan fingerprint density at radius 2 is 2.00 bits per heavy atom. The highest BCUT2D eigenvalue weighted by Gasteiger charge is 2.52. The third kappa shape index (κ3) is 2.71. The van der Waals surface area contributed by atoms with Crippen molar-refractivity contribution in [1.82, 2.24) is 9.80 Å². The minimum absolute atomic E-state index is 0.0510. The molecular formula is C13H22N2O4S. The molecule has 2 saturated heterocycles. The molecule has 20 heavy (non-hydrogen) atoms. The zero-order valence-electron chi connectivity index (χ0n) is 11.8. The minimum atomic E-state index is -2.96. The van der Waals surface area contributed by atoms with Crippen LogP contribution in [0.2, 0.25) is 0 Å². The number of likely N-dealkylation sites (tertiary alicyclic amines) is 1. The van der Waals surface area contributed by atoms with Crippen LogP contribution in [0.15, 0.2) is 0 Å². The lowest BCUT2D eigenvalue weighted by Gasteiger charge is -2.47. The maximum atomic E-state index is 12.1. The predicted molar refractivity (Wildman–Crippen MR) is 73.9 cm³/mol. The molecule has 2 aliphatic heterocycles. The number of hydrogen-bond donors (Lipinski definition) is 1. The van der Waals surface area contributed by atoms with Gasteiger partial charge in [-0.1, -0.05) is 0 Å². The lowest BCUT2D eigenvalue weighted by molar-refractivity contribution is -0.145. The maximum absolute atomic E-state index is 12.1. The smallest absolute Gasteiger partial charge is 0.236 e. The summed E-state index contributed by atoms with van der Waals surface area (Å²) in [6.45, 7) is 1.42. The SMILES string of the molecule is CN(C(=O)CN1CC(O)(C2CC2)C1)C1CCS(=O)(=O)C1. The van der Waals surface area contributed by atoms with Crippen LogP contribution in [0.3, 0.4) is 0 Å². The summed E-state index contributed by atoms with van der Waals surface area (Å²) in [5.74, 6) is 0.637. The van der Waals surface area contributed by atoms with E-state index >= 15 is 0 Å². The Hall–Kier alpha value is -0.660. The number of carbonyl (C=O) groups excluding carboxylic acids is 1. The van der Waals surface area contributed by atoms with Gasteiger partial charge in [0.05, 0.1) is 23.7 Å². The molecule has 1 amide bonds. The first kappa shape index (κ1) is 14.3. The van der Waals surface area contributed by atoms with Gasteiger partial charge in [0.25, 0.3) is 0 Å². The fourth-order valence-corrected chi connectivity index (χ4v) is 5.08. The van der Waals surface area contributed by atoms with Gasteiger partial charge in [0, 0.05) is 26.2 Å². The average molecular weight is 302 g/mol. The summed E-state index contributed by atoms with van der Waals surface area (Å²) in [7, 11) is -1.28. The Balaban J connectivity index is 1.48. The molecule has 1 unspecified atom stereocenters. The first-order chi connectivity index (χ1) is 9.29. The van der Waals surface area contributed by atoms with Crippen molar-refractivity contribution in [2.24, 2.45) is 5.92 Å². The first-order valence-electron chi connectivity index (χ1n) is 7.20. The Morgan fingerprint density at radius 3 is 2.50 bits per heavy atom. The van der Waals surface area contributed by atoms with Gasteiger partial charge in [-0.2, -0.15) is 0 Å². The fraction of sp³-hybridized carbons (Fsp3) is 0.923. The number of carbonyl (C=O) groups is 1. The number of β-amino-alcohol motifs (C(OH)–C–C–N with tert-alkyl or cyclic N) is 1. The van der Waals surface area contributed by atoms with E-state index in [9.17, 15) is 18.3 Å². The second-order valence-corrected chi connectivity index (χ2v) is 8.81. The van der Waals surface area contributed by atoms with Gasteiger partial charge in [-0.25, -0.2) is 8.42 Å². The quantitative estimate of drug-likeness (QED) is 0.727. The third-order valence-electron chi connectivity index (χ3n) is 4.84. The molecule has 0 aromatic carbocycles. The van der Waals surface area contributed by atoms with Crippen molar-refractivity contribution in [3.63, 3.8) is 0 Å². The molecule has 0 bridgehead atoms. The molecule has 3 aliphatic rings. The van der Waals surface area contributed by atoms with Gasteiger partial charge < -0.3 is 10.0 Å². The predicted octanol–water partition coefficient (Wildman–Crippen LogP) is -0.911. The summed E-state index contributed by atoms with van der Waals surface area (Å²) >= 11 is 0.